The lowest BCUT2D eigenvalue weighted by Crippen LogP contribution is -1.89. The topological polar surface area (TPSA) is 47.6 Å². The first kappa shape index (κ1) is 10.9. The summed E-state index contributed by atoms with van der Waals surface area (Å²) in [6.45, 7) is 0. The molecule has 0 amide bonds. The first-order chi connectivity index (χ1) is 8.26. The molecule has 0 aliphatic carbocycles. The molecule has 0 radical (unpaired) electrons. The van der Waals surface area contributed by atoms with Crippen molar-refractivity contribution in [1.29, 1.82) is 10.5 Å². The highest BCUT2D eigenvalue weighted by atomic mass is 19.1. The van der Waals surface area contributed by atoms with E-state index in [1.807, 2.05) is 12.1 Å². The third kappa shape index (κ3) is 2.00. The summed E-state index contributed by atoms with van der Waals surface area (Å²) in [6.07, 6.45) is 0. The average molecular weight is 222 g/mol. The molecule has 3 heteroatoms. The number of benzene rings is 2. The second-order valence-electron chi connectivity index (χ2n) is 3.47. The van der Waals surface area contributed by atoms with E-state index in [0.29, 0.717) is 16.7 Å². The van der Waals surface area contributed by atoms with Gasteiger partial charge < -0.3 is 0 Å². The number of hydrogen-bond acceptors (Lipinski definition) is 2. The molecule has 0 saturated carbocycles. The first-order valence-electron chi connectivity index (χ1n) is 4.95. The summed E-state index contributed by atoms with van der Waals surface area (Å²) in [5.41, 5.74) is 1.66. The zero-order valence-corrected chi connectivity index (χ0v) is 8.81. The molecule has 80 valence electrons. The molecule has 0 aliphatic rings. The largest absolute Gasteiger partial charge is 0.206 e. The number of halogens is 1. The zero-order chi connectivity index (χ0) is 12.3. The van der Waals surface area contributed by atoms with Gasteiger partial charge in [-0.05, 0) is 23.8 Å². The molecule has 2 aromatic rings. The fourth-order valence-electron chi connectivity index (χ4n) is 1.63. The Kier molecular flexibility index (Phi) is 2.85. The lowest BCUT2D eigenvalue weighted by Gasteiger charge is -2.05. The van der Waals surface area contributed by atoms with Crippen molar-refractivity contribution in [2.75, 3.05) is 0 Å². The number of nitriles is 2. The van der Waals surface area contributed by atoms with Crippen LogP contribution >= 0.6 is 0 Å². The summed E-state index contributed by atoms with van der Waals surface area (Å²) in [6, 6.07) is 15.1. The van der Waals surface area contributed by atoms with Crippen LogP contribution in [0.4, 0.5) is 4.39 Å². The van der Waals surface area contributed by atoms with Gasteiger partial charge in [-0.25, -0.2) is 4.39 Å². The van der Waals surface area contributed by atoms with Gasteiger partial charge in [-0.3, -0.25) is 0 Å². The maximum atomic E-state index is 13.4. The minimum Gasteiger partial charge on any atom is -0.206 e. The zero-order valence-electron chi connectivity index (χ0n) is 8.81. The second-order valence-corrected chi connectivity index (χ2v) is 3.47. The maximum Gasteiger partial charge on any atom is 0.141 e. The molecule has 0 heterocycles. The minimum absolute atomic E-state index is 0.00240. The average Bonchev–Trinajstić information content (AvgIpc) is 2.38. The number of nitrogens with zero attached hydrogens (tertiary/aromatic N) is 2. The Morgan fingerprint density at radius 1 is 0.941 bits per heavy atom. The molecular weight excluding hydrogens is 215 g/mol. The molecule has 0 fully saturated rings. The first-order valence-corrected chi connectivity index (χ1v) is 4.95. The van der Waals surface area contributed by atoms with E-state index in [-0.39, 0.29) is 5.56 Å². The van der Waals surface area contributed by atoms with E-state index < -0.39 is 5.82 Å². The van der Waals surface area contributed by atoms with Crippen molar-refractivity contribution in [3.05, 3.63) is 59.4 Å². The van der Waals surface area contributed by atoms with Gasteiger partial charge in [0.2, 0.25) is 0 Å². The van der Waals surface area contributed by atoms with Crippen LogP contribution in [0.25, 0.3) is 11.1 Å². The summed E-state index contributed by atoms with van der Waals surface area (Å²) in [5, 5.41) is 17.7. The van der Waals surface area contributed by atoms with E-state index in [9.17, 15) is 4.39 Å². The summed E-state index contributed by atoms with van der Waals surface area (Å²) < 4.78 is 13.4. The van der Waals surface area contributed by atoms with Gasteiger partial charge in [0.15, 0.2) is 0 Å². The highest BCUT2D eigenvalue weighted by Gasteiger charge is 2.09. The van der Waals surface area contributed by atoms with Crippen LogP contribution in [0.1, 0.15) is 11.1 Å². The Bertz CT molecular complexity index is 648. The van der Waals surface area contributed by atoms with Crippen LogP contribution in [-0.4, -0.2) is 0 Å². The molecular formula is C14H7FN2. The predicted octanol–water partition coefficient (Wildman–Crippen LogP) is 3.24. The lowest BCUT2D eigenvalue weighted by atomic mass is 9.98. The van der Waals surface area contributed by atoms with Crippen LogP contribution in [0.3, 0.4) is 0 Å². The van der Waals surface area contributed by atoms with Crippen molar-refractivity contribution in [2.24, 2.45) is 0 Å². The standard InChI is InChI=1S/C14H7FN2/c15-14-6-2-5-12(13(14)9-17)11-4-1-3-10(7-11)8-16/h1-7H. The molecule has 0 atom stereocenters. The van der Waals surface area contributed by atoms with E-state index in [2.05, 4.69) is 0 Å². The van der Waals surface area contributed by atoms with E-state index in [4.69, 9.17) is 10.5 Å². The Morgan fingerprint density at radius 2 is 1.71 bits per heavy atom. The van der Waals surface area contributed by atoms with Crippen LogP contribution in [0.15, 0.2) is 42.5 Å². The highest BCUT2D eigenvalue weighted by molar-refractivity contribution is 5.71. The Labute approximate surface area is 98.2 Å². The van der Waals surface area contributed by atoms with Crippen molar-refractivity contribution in [3.63, 3.8) is 0 Å². The van der Waals surface area contributed by atoms with Gasteiger partial charge >= 0.3 is 0 Å². The monoisotopic (exact) mass is 222 g/mol. The Hall–Kier alpha value is -2.65. The van der Waals surface area contributed by atoms with E-state index in [0.717, 1.165) is 0 Å². The predicted molar refractivity (Wildman–Crippen MR) is 61.3 cm³/mol. The van der Waals surface area contributed by atoms with Gasteiger partial charge in [0, 0.05) is 5.56 Å². The smallest absolute Gasteiger partial charge is 0.141 e. The molecule has 0 unspecified atom stereocenters. The van der Waals surface area contributed by atoms with Crippen LogP contribution in [0, 0.1) is 28.5 Å². The molecule has 0 aliphatic heterocycles. The summed E-state index contributed by atoms with van der Waals surface area (Å²) in [7, 11) is 0. The molecule has 0 bridgehead atoms. The maximum absolute atomic E-state index is 13.4. The van der Waals surface area contributed by atoms with Crippen LogP contribution in [-0.2, 0) is 0 Å². The third-order valence-corrected chi connectivity index (χ3v) is 2.43. The van der Waals surface area contributed by atoms with Crippen molar-refractivity contribution >= 4 is 0 Å². The summed E-state index contributed by atoms with van der Waals surface area (Å²) in [5.74, 6) is -0.549. The van der Waals surface area contributed by atoms with Gasteiger partial charge in [-0.15, -0.1) is 0 Å². The Balaban J connectivity index is 2.66. The quantitative estimate of drug-likeness (QED) is 0.743. The summed E-state index contributed by atoms with van der Waals surface area (Å²) in [4.78, 5) is 0. The van der Waals surface area contributed by atoms with Crippen molar-refractivity contribution < 1.29 is 4.39 Å². The minimum atomic E-state index is -0.549. The van der Waals surface area contributed by atoms with Gasteiger partial charge in [-0.1, -0.05) is 24.3 Å². The molecule has 0 spiro atoms. The second kappa shape index (κ2) is 4.47. The van der Waals surface area contributed by atoms with Crippen molar-refractivity contribution in [2.45, 2.75) is 0 Å². The van der Waals surface area contributed by atoms with Gasteiger partial charge in [0.25, 0.3) is 0 Å². The fraction of sp³-hybridized carbons (Fsp3) is 0. The van der Waals surface area contributed by atoms with E-state index in [1.165, 1.54) is 6.07 Å². The number of rotatable bonds is 1. The molecule has 2 aromatic carbocycles. The Morgan fingerprint density at radius 3 is 2.41 bits per heavy atom. The molecule has 0 aromatic heterocycles. The molecule has 2 nitrogen and oxygen atoms in total. The lowest BCUT2D eigenvalue weighted by molar-refractivity contribution is 0.624. The van der Waals surface area contributed by atoms with Crippen LogP contribution in [0.5, 0.6) is 0 Å². The normalized spacial score (nSPS) is 9.35. The van der Waals surface area contributed by atoms with E-state index >= 15 is 0 Å². The molecule has 2 rings (SSSR count). The third-order valence-electron chi connectivity index (χ3n) is 2.43. The van der Waals surface area contributed by atoms with E-state index in [1.54, 1.807) is 36.4 Å². The van der Waals surface area contributed by atoms with Crippen molar-refractivity contribution in [1.82, 2.24) is 0 Å². The summed E-state index contributed by atoms with van der Waals surface area (Å²) >= 11 is 0. The van der Waals surface area contributed by atoms with Gasteiger partial charge in [0.05, 0.1) is 17.2 Å². The fourth-order valence-corrected chi connectivity index (χ4v) is 1.63. The van der Waals surface area contributed by atoms with Gasteiger partial charge in [0.1, 0.15) is 11.9 Å². The van der Waals surface area contributed by atoms with Crippen LogP contribution in [0.2, 0.25) is 0 Å². The molecule has 0 N–H and O–H groups in total. The highest BCUT2D eigenvalue weighted by Crippen LogP contribution is 2.25. The van der Waals surface area contributed by atoms with Crippen LogP contribution < -0.4 is 0 Å². The SMILES string of the molecule is N#Cc1cccc(-c2cccc(F)c2C#N)c1. The van der Waals surface area contributed by atoms with Crippen molar-refractivity contribution in [3.8, 4) is 23.3 Å². The molecule has 0 saturated heterocycles. The van der Waals surface area contributed by atoms with Gasteiger partial charge in [-0.2, -0.15) is 10.5 Å². The molecule has 17 heavy (non-hydrogen) atoms. The number of hydrogen-bond donors (Lipinski definition) is 0.